The Bertz CT molecular complexity index is 238. The molecule has 0 aliphatic rings. The zero-order valence-corrected chi connectivity index (χ0v) is 10.2. The fraction of sp³-hybridized carbons (Fsp3) is 0.889. The summed E-state index contributed by atoms with van der Waals surface area (Å²) in [5, 5.41) is 2.18. The van der Waals surface area contributed by atoms with E-state index >= 15 is 0 Å². The highest BCUT2D eigenvalue weighted by molar-refractivity contribution is 7.56. The number of carbonyl (C=O) groups is 1. The van der Waals surface area contributed by atoms with Crippen molar-refractivity contribution in [3.8, 4) is 0 Å². The number of hydrogen-bond donors (Lipinski definition) is 2. The fourth-order valence-electron chi connectivity index (χ4n) is 0.790. The summed E-state index contributed by atoms with van der Waals surface area (Å²) in [6.45, 7) is 7.34. The first-order valence-electron chi connectivity index (χ1n) is 4.88. The second-order valence-electron chi connectivity index (χ2n) is 4.24. The predicted octanol–water partition coefficient (Wildman–Crippen LogP) is 1.99. The Kier molecular flexibility index (Phi) is 5.38. The number of hydrogen-bond acceptors (Lipinski definition) is 2. The van der Waals surface area contributed by atoms with Gasteiger partial charge in [-0.3, -0.25) is 14.4 Å². The monoisotopic (exact) mass is 221 g/mol. The van der Waals surface area contributed by atoms with Gasteiger partial charge in [0.15, 0.2) is 0 Å². The van der Waals surface area contributed by atoms with Crippen LogP contribution in [0.2, 0.25) is 0 Å². The van der Waals surface area contributed by atoms with Crippen LogP contribution < -0.4 is 5.09 Å². The maximum atomic E-state index is 11.5. The Hall–Kier alpha value is -0.340. The SMILES string of the molecule is CC(C)CCP(=O)(O)NC(=O)C(C)C. The van der Waals surface area contributed by atoms with Crippen LogP contribution in [0.4, 0.5) is 0 Å². The number of amides is 1. The molecule has 0 aromatic rings. The minimum Gasteiger partial charge on any atom is -0.329 e. The molecule has 2 N–H and O–H groups in total. The summed E-state index contributed by atoms with van der Waals surface area (Å²) in [5.74, 6) is -0.249. The zero-order valence-electron chi connectivity index (χ0n) is 9.28. The Labute approximate surface area is 85.6 Å². The lowest BCUT2D eigenvalue weighted by molar-refractivity contribution is -0.122. The molecule has 0 aliphatic carbocycles. The van der Waals surface area contributed by atoms with E-state index in [1.165, 1.54) is 0 Å². The van der Waals surface area contributed by atoms with Gasteiger partial charge in [-0.2, -0.15) is 0 Å². The summed E-state index contributed by atoms with van der Waals surface area (Å²) in [5.41, 5.74) is 0. The van der Waals surface area contributed by atoms with Crippen LogP contribution in [0.5, 0.6) is 0 Å². The minimum atomic E-state index is -3.46. The number of carbonyl (C=O) groups excluding carboxylic acids is 1. The van der Waals surface area contributed by atoms with E-state index in [0.29, 0.717) is 12.3 Å². The molecule has 0 rings (SSSR count). The molecule has 5 heteroatoms. The smallest absolute Gasteiger partial charge is 0.293 e. The molecular formula is C9H20NO3P. The molecule has 0 radical (unpaired) electrons. The predicted molar refractivity (Wildman–Crippen MR) is 57.1 cm³/mol. The first-order valence-corrected chi connectivity index (χ1v) is 6.73. The van der Waals surface area contributed by atoms with Gasteiger partial charge in [0.1, 0.15) is 0 Å². The van der Waals surface area contributed by atoms with Gasteiger partial charge >= 0.3 is 0 Å². The van der Waals surface area contributed by atoms with Crippen LogP contribution in [-0.2, 0) is 9.36 Å². The van der Waals surface area contributed by atoms with Gasteiger partial charge in [-0.05, 0) is 12.3 Å². The lowest BCUT2D eigenvalue weighted by atomic mass is 10.2. The zero-order chi connectivity index (χ0) is 11.4. The molecule has 14 heavy (non-hydrogen) atoms. The normalized spacial score (nSPS) is 15.6. The molecule has 0 saturated carbocycles. The van der Waals surface area contributed by atoms with E-state index in [2.05, 4.69) is 5.09 Å². The summed E-state index contributed by atoms with van der Waals surface area (Å²) in [7, 11) is -3.46. The maximum Gasteiger partial charge on any atom is 0.293 e. The van der Waals surface area contributed by atoms with Crippen molar-refractivity contribution in [1.82, 2.24) is 5.09 Å². The van der Waals surface area contributed by atoms with Gasteiger partial charge in [-0.25, -0.2) is 0 Å². The highest BCUT2D eigenvalue weighted by Crippen LogP contribution is 2.37. The van der Waals surface area contributed by atoms with E-state index in [0.717, 1.165) is 0 Å². The highest BCUT2D eigenvalue weighted by atomic mass is 31.2. The van der Waals surface area contributed by atoms with Crippen molar-refractivity contribution in [2.75, 3.05) is 6.16 Å². The molecule has 84 valence electrons. The van der Waals surface area contributed by atoms with Crippen molar-refractivity contribution >= 4 is 13.4 Å². The van der Waals surface area contributed by atoms with E-state index < -0.39 is 7.52 Å². The summed E-state index contributed by atoms with van der Waals surface area (Å²) < 4.78 is 11.5. The Morgan fingerprint density at radius 3 is 2.21 bits per heavy atom. The maximum absolute atomic E-state index is 11.5. The van der Waals surface area contributed by atoms with Crippen LogP contribution in [0.3, 0.4) is 0 Å². The largest absolute Gasteiger partial charge is 0.329 e. The van der Waals surface area contributed by atoms with Gasteiger partial charge in [0, 0.05) is 12.1 Å². The molecule has 0 bridgehead atoms. The van der Waals surface area contributed by atoms with Crippen LogP contribution in [0, 0.1) is 11.8 Å². The third kappa shape index (κ3) is 6.17. The van der Waals surface area contributed by atoms with Crippen molar-refractivity contribution in [2.24, 2.45) is 11.8 Å². The van der Waals surface area contributed by atoms with E-state index in [1.807, 2.05) is 13.8 Å². The first kappa shape index (κ1) is 13.7. The van der Waals surface area contributed by atoms with Gasteiger partial charge in [0.2, 0.25) is 5.91 Å². The van der Waals surface area contributed by atoms with E-state index in [1.54, 1.807) is 13.8 Å². The van der Waals surface area contributed by atoms with Crippen molar-refractivity contribution in [1.29, 1.82) is 0 Å². The summed E-state index contributed by atoms with van der Waals surface area (Å²) >= 11 is 0. The van der Waals surface area contributed by atoms with Crippen molar-refractivity contribution in [3.05, 3.63) is 0 Å². The Morgan fingerprint density at radius 1 is 1.36 bits per heavy atom. The quantitative estimate of drug-likeness (QED) is 0.698. The molecule has 0 aliphatic heterocycles. The Balaban J connectivity index is 4.08. The molecule has 1 atom stereocenters. The highest BCUT2D eigenvalue weighted by Gasteiger charge is 2.22. The topological polar surface area (TPSA) is 66.4 Å². The molecule has 0 spiro atoms. The lowest BCUT2D eigenvalue weighted by Gasteiger charge is -2.15. The van der Waals surface area contributed by atoms with Gasteiger partial charge in [0.25, 0.3) is 7.52 Å². The van der Waals surface area contributed by atoms with Crippen LogP contribution >= 0.6 is 7.52 Å². The fourth-order valence-corrected chi connectivity index (χ4v) is 2.37. The molecule has 0 saturated heterocycles. The van der Waals surface area contributed by atoms with Crippen molar-refractivity contribution in [3.63, 3.8) is 0 Å². The minimum absolute atomic E-state index is 0.156. The standard InChI is InChI=1S/C9H20NO3P/c1-7(2)5-6-14(12,13)10-9(11)8(3)4/h7-8H,5-6H2,1-4H3,(H2,10,11,12,13). The molecule has 0 aromatic heterocycles. The molecule has 1 unspecified atom stereocenters. The van der Waals surface area contributed by atoms with Crippen molar-refractivity contribution < 1.29 is 14.3 Å². The van der Waals surface area contributed by atoms with Gasteiger partial charge in [0.05, 0.1) is 0 Å². The second kappa shape index (κ2) is 5.52. The molecule has 0 heterocycles. The first-order chi connectivity index (χ1) is 6.24. The van der Waals surface area contributed by atoms with E-state index in [4.69, 9.17) is 0 Å². The third-order valence-corrected chi connectivity index (χ3v) is 3.25. The van der Waals surface area contributed by atoms with Crippen LogP contribution in [0.1, 0.15) is 34.1 Å². The van der Waals surface area contributed by atoms with Crippen molar-refractivity contribution in [2.45, 2.75) is 34.1 Å². The molecule has 0 aromatic carbocycles. The summed E-state index contributed by atoms with van der Waals surface area (Å²) in [6, 6.07) is 0. The lowest BCUT2D eigenvalue weighted by Crippen LogP contribution is -2.26. The van der Waals surface area contributed by atoms with Crippen LogP contribution in [0.15, 0.2) is 0 Å². The average Bonchev–Trinajstić information content (AvgIpc) is 2.00. The van der Waals surface area contributed by atoms with Gasteiger partial charge < -0.3 is 4.89 Å². The average molecular weight is 221 g/mol. The van der Waals surface area contributed by atoms with Crippen LogP contribution in [0.25, 0.3) is 0 Å². The summed E-state index contributed by atoms with van der Waals surface area (Å²) in [6.07, 6.45) is 0.801. The molecular weight excluding hydrogens is 201 g/mol. The second-order valence-corrected chi connectivity index (χ2v) is 6.31. The third-order valence-electron chi connectivity index (χ3n) is 1.82. The van der Waals surface area contributed by atoms with Gasteiger partial charge in [-0.15, -0.1) is 0 Å². The van der Waals surface area contributed by atoms with Gasteiger partial charge in [-0.1, -0.05) is 27.7 Å². The van der Waals surface area contributed by atoms with E-state index in [9.17, 15) is 14.3 Å². The summed E-state index contributed by atoms with van der Waals surface area (Å²) in [4.78, 5) is 20.6. The number of nitrogens with one attached hydrogen (secondary N) is 1. The van der Waals surface area contributed by atoms with E-state index in [-0.39, 0.29) is 18.0 Å². The molecule has 0 fully saturated rings. The Morgan fingerprint density at radius 2 is 1.86 bits per heavy atom. The molecule has 1 amide bonds. The van der Waals surface area contributed by atoms with Crippen LogP contribution in [-0.4, -0.2) is 17.0 Å². The molecule has 4 nitrogen and oxygen atoms in total. The number of rotatable bonds is 5.